The molecule has 5 nitrogen and oxygen atoms in total. The summed E-state index contributed by atoms with van der Waals surface area (Å²) in [5.74, 6) is 1.37. The van der Waals surface area contributed by atoms with Crippen LogP contribution in [0.1, 0.15) is 0 Å². The summed E-state index contributed by atoms with van der Waals surface area (Å²) in [6, 6.07) is 31.3. The van der Waals surface area contributed by atoms with Gasteiger partial charge in [0.1, 0.15) is 11.6 Å². The minimum absolute atomic E-state index is 0.0980. The Balaban J connectivity index is 1.61. The van der Waals surface area contributed by atoms with Crippen molar-refractivity contribution >= 4 is 44.5 Å². The molecule has 0 atom stereocenters. The normalized spacial score (nSPS) is 11.3. The van der Waals surface area contributed by atoms with Gasteiger partial charge in [0.15, 0.2) is 0 Å². The van der Waals surface area contributed by atoms with Gasteiger partial charge in [-0.1, -0.05) is 54.6 Å². The summed E-state index contributed by atoms with van der Waals surface area (Å²) < 4.78 is 2.69. The van der Waals surface area contributed by atoms with Gasteiger partial charge in [-0.25, -0.2) is 9.97 Å². The largest absolute Gasteiger partial charge is 0.338 e. The maximum atomic E-state index is 13.8. The van der Waals surface area contributed by atoms with Crippen LogP contribution in [-0.4, -0.2) is 19.5 Å². The molecule has 2 aromatic heterocycles. The summed E-state index contributed by atoms with van der Waals surface area (Å²) in [6.45, 7) is 0. The summed E-state index contributed by atoms with van der Waals surface area (Å²) in [5, 5.41) is 0.593. The van der Waals surface area contributed by atoms with Gasteiger partial charge in [-0.05, 0) is 65.1 Å². The fourth-order valence-electron chi connectivity index (χ4n) is 4.06. The van der Waals surface area contributed by atoms with E-state index >= 15 is 0 Å². The van der Waals surface area contributed by atoms with Crippen LogP contribution in [0.2, 0.25) is 0 Å². The van der Waals surface area contributed by atoms with E-state index in [0.717, 1.165) is 37.2 Å². The van der Waals surface area contributed by atoms with Crippen LogP contribution in [0.25, 0.3) is 50.4 Å². The second-order valence-electron chi connectivity index (χ2n) is 7.76. The average Bonchev–Trinajstić information content (AvgIpc) is 3.29. The SMILES string of the molecule is O=c1c2cc(I)ccc2nc(-c2ccccc2)n1-c1cccc(-c2nc3ccccc3[nH]2)c1. The van der Waals surface area contributed by atoms with Gasteiger partial charge in [-0.15, -0.1) is 0 Å². The smallest absolute Gasteiger partial charge is 0.266 e. The van der Waals surface area contributed by atoms with Crippen molar-refractivity contribution in [2.75, 3.05) is 0 Å². The first-order valence-electron chi connectivity index (χ1n) is 10.5. The second kappa shape index (κ2) is 7.97. The summed E-state index contributed by atoms with van der Waals surface area (Å²) in [6.07, 6.45) is 0. The van der Waals surface area contributed by atoms with Gasteiger partial charge < -0.3 is 4.98 Å². The molecule has 33 heavy (non-hydrogen) atoms. The van der Waals surface area contributed by atoms with E-state index in [1.54, 1.807) is 4.57 Å². The van der Waals surface area contributed by atoms with Crippen molar-refractivity contribution in [2.45, 2.75) is 0 Å². The Labute approximate surface area is 202 Å². The molecule has 4 aromatic carbocycles. The Morgan fingerprint density at radius 1 is 0.727 bits per heavy atom. The number of aromatic amines is 1. The number of hydrogen-bond donors (Lipinski definition) is 1. The Kier molecular flexibility index (Phi) is 4.80. The third-order valence-electron chi connectivity index (χ3n) is 5.63. The molecule has 6 aromatic rings. The second-order valence-corrected chi connectivity index (χ2v) is 9.00. The lowest BCUT2D eigenvalue weighted by atomic mass is 10.1. The van der Waals surface area contributed by atoms with Crippen LogP contribution in [0.4, 0.5) is 0 Å². The maximum Gasteiger partial charge on any atom is 0.266 e. The van der Waals surface area contributed by atoms with Gasteiger partial charge in [0, 0.05) is 14.7 Å². The molecule has 0 saturated heterocycles. The first kappa shape index (κ1) is 19.9. The first-order valence-corrected chi connectivity index (χ1v) is 11.6. The molecule has 0 unspecified atom stereocenters. The fraction of sp³-hybridized carbons (Fsp3) is 0. The highest BCUT2D eigenvalue weighted by atomic mass is 127. The highest BCUT2D eigenvalue weighted by Gasteiger charge is 2.16. The molecule has 0 aliphatic rings. The van der Waals surface area contributed by atoms with Crippen LogP contribution in [0, 0.1) is 3.57 Å². The van der Waals surface area contributed by atoms with Crippen LogP contribution in [-0.2, 0) is 0 Å². The number of aromatic nitrogens is 4. The minimum atomic E-state index is -0.0980. The topological polar surface area (TPSA) is 63.6 Å². The first-order chi connectivity index (χ1) is 16.2. The summed E-state index contributed by atoms with van der Waals surface area (Å²) in [4.78, 5) is 26.8. The van der Waals surface area contributed by atoms with E-state index in [1.807, 2.05) is 97.1 Å². The zero-order valence-corrected chi connectivity index (χ0v) is 19.5. The Bertz CT molecular complexity index is 1670. The molecule has 1 N–H and O–H groups in total. The van der Waals surface area contributed by atoms with E-state index in [9.17, 15) is 4.79 Å². The van der Waals surface area contributed by atoms with Crippen LogP contribution in [0.3, 0.4) is 0 Å². The molecular formula is C27H17IN4O. The molecule has 158 valence electrons. The van der Waals surface area contributed by atoms with Crippen molar-refractivity contribution in [2.24, 2.45) is 0 Å². The Morgan fingerprint density at radius 3 is 2.36 bits per heavy atom. The molecule has 0 amide bonds. The molecule has 0 aliphatic carbocycles. The highest BCUT2D eigenvalue weighted by molar-refractivity contribution is 14.1. The van der Waals surface area contributed by atoms with E-state index in [-0.39, 0.29) is 5.56 Å². The molecule has 6 heteroatoms. The molecule has 0 radical (unpaired) electrons. The van der Waals surface area contributed by atoms with Crippen molar-refractivity contribution in [3.05, 3.63) is 111 Å². The third kappa shape index (κ3) is 3.52. The van der Waals surface area contributed by atoms with E-state index in [0.29, 0.717) is 16.7 Å². The number of nitrogens with one attached hydrogen (secondary N) is 1. The predicted molar refractivity (Wildman–Crippen MR) is 141 cm³/mol. The molecule has 6 rings (SSSR count). The summed E-state index contributed by atoms with van der Waals surface area (Å²) >= 11 is 2.22. The number of imidazole rings is 1. The molecular weight excluding hydrogens is 523 g/mol. The lowest BCUT2D eigenvalue weighted by Crippen LogP contribution is -2.22. The zero-order chi connectivity index (χ0) is 22.4. The van der Waals surface area contributed by atoms with Crippen LogP contribution in [0.15, 0.2) is 102 Å². The van der Waals surface area contributed by atoms with Crippen LogP contribution < -0.4 is 5.56 Å². The van der Waals surface area contributed by atoms with Gasteiger partial charge in [0.25, 0.3) is 5.56 Å². The maximum absolute atomic E-state index is 13.8. The van der Waals surface area contributed by atoms with Crippen LogP contribution in [0.5, 0.6) is 0 Å². The Morgan fingerprint density at radius 2 is 1.52 bits per heavy atom. The number of benzene rings is 4. The molecule has 2 heterocycles. The standard InChI is InChI=1S/C27H17IN4O/c28-19-13-14-22-21(16-19)27(33)32(26(31-22)17-7-2-1-3-8-17)20-10-6-9-18(15-20)25-29-23-11-4-5-12-24(23)30-25/h1-16H,(H,29,30). The lowest BCUT2D eigenvalue weighted by Gasteiger charge is -2.15. The van der Waals surface area contributed by atoms with E-state index in [4.69, 9.17) is 9.97 Å². The monoisotopic (exact) mass is 540 g/mol. The number of rotatable bonds is 3. The number of halogens is 1. The number of fused-ring (bicyclic) bond motifs is 2. The molecule has 0 spiro atoms. The zero-order valence-electron chi connectivity index (χ0n) is 17.4. The summed E-state index contributed by atoms with van der Waals surface area (Å²) in [5.41, 5.74) is 4.98. The quantitative estimate of drug-likeness (QED) is 0.272. The van der Waals surface area contributed by atoms with Gasteiger partial charge >= 0.3 is 0 Å². The van der Waals surface area contributed by atoms with Crippen LogP contribution >= 0.6 is 22.6 Å². The number of H-pyrrole nitrogens is 1. The van der Waals surface area contributed by atoms with Gasteiger partial charge in [0.2, 0.25) is 0 Å². The highest BCUT2D eigenvalue weighted by Crippen LogP contribution is 2.26. The van der Waals surface area contributed by atoms with E-state index in [1.165, 1.54) is 0 Å². The minimum Gasteiger partial charge on any atom is -0.338 e. The lowest BCUT2D eigenvalue weighted by molar-refractivity contribution is 0.975. The van der Waals surface area contributed by atoms with Crippen molar-refractivity contribution in [1.82, 2.24) is 19.5 Å². The molecule has 0 fully saturated rings. The van der Waals surface area contributed by atoms with Crippen molar-refractivity contribution < 1.29 is 0 Å². The van der Waals surface area contributed by atoms with Crippen molar-refractivity contribution in [3.63, 3.8) is 0 Å². The molecule has 0 saturated carbocycles. The van der Waals surface area contributed by atoms with Gasteiger partial charge in [-0.2, -0.15) is 0 Å². The Hall–Kier alpha value is -3.78. The van der Waals surface area contributed by atoms with E-state index < -0.39 is 0 Å². The van der Waals surface area contributed by atoms with Crippen molar-refractivity contribution in [3.8, 4) is 28.5 Å². The third-order valence-corrected chi connectivity index (χ3v) is 6.30. The fourth-order valence-corrected chi connectivity index (χ4v) is 4.55. The van der Waals surface area contributed by atoms with E-state index in [2.05, 4.69) is 27.6 Å². The summed E-state index contributed by atoms with van der Waals surface area (Å²) in [7, 11) is 0. The average molecular weight is 540 g/mol. The molecule has 0 bridgehead atoms. The number of nitrogens with zero attached hydrogens (tertiary/aromatic N) is 3. The molecule has 0 aliphatic heterocycles. The number of para-hydroxylation sites is 2. The predicted octanol–water partition coefficient (Wildman–Crippen LogP) is 6.20. The van der Waals surface area contributed by atoms with Gasteiger partial charge in [-0.3, -0.25) is 9.36 Å². The number of hydrogen-bond acceptors (Lipinski definition) is 3. The van der Waals surface area contributed by atoms with Gasteiger partial charge in [0.05, 0.1) is 27.6 Å². The van der Waals surface area contributed by atoms with Crippen molar-refractivity contribution in [1.29, 1.82) is 0 Å².